The summed E-state index contributed by atoms with van der Waals surface area (Å²) in [6, 6.07) is 28.0. The van der Waals surface area contributed by atoms with Gasteiger partial charge in [-0.15, -0.1) is 0 Å². The maximum atomic E-state index is 12.5. The molecular formula is C24H26N2O2. The Balaban J connectivity index is 1.65. The molecule has 2 N–H and O–H groups in total. The van der Waals surface area contributed by atoms with Gasteiger partial charge < -0.3 is 15.4 Å². The van der Waals surface area contributed by atoms with Gasteiger partial charge in [0.2, 0.25) is 5.91 Å². The molecule has 4 heteroatoms. The first-order chi connectivity index (χ1) is 13.8. The summed E-state index contributed by atoms with van der Waals surface area (Å²) in [5, 5.41) is 6.34. The number of benzene rings is 3. The van der Waals surface area contributed by atoms with Gasteiger partial charge in [0.15, 0.2) is 0 Å². The topological polar surface area (TPSA) is 50.4 Å². The average Bonchev–Trinajstić information content (AvgIpc) is 2.74. The van der Waals surface area contributed by atoms with Gasteiger partial charge in [0, 0.05) is 6.04 Å². The third-order valence-corrected chi connectivity index (χ3v) is 4.45. The molecule has 0 spiro atoms. The summed E-state index contributed by atoms with van der Waals surface area (Å²) in [6.07, 6.45) is 0.813. The predicted octanol–water partition coefficient (Wildman–Crippen LogP) is 4.60. The molecule has 144 valence electrons. The number of hydrogen-bond acceptors (Lipinski definition) is 3. The summed E-state index contributed by atoms with van der Waals surface area (Å²) in [4.78, 5) is 12.5. The molecule has 0 heterocycles. The molecule has 28 heavy (non-hydrogen) atoms. The van der Waals surface area contributed by atoms with Gasteiger partial charge in [-0.3, -0.25) is 4.79 Å². The van der Waals surface area contributed by atoms with Crippen molar-refractivity contribution in [3.05, 3.63) is 96.1 Å². The fraction of sp³-hybridized carbons (Fsp3) is 0.208. The van der Waals surface area contributed by atoms with Gasteiger partial charge >= 0.3 is 0 Å². The van der Waals surface area contributed by atoms with E-state index in [9.17, 15) is 4.79 Å². The highest BCUT2D eigenvalue weighted by atomic mass is 16.5. The highest BCUT2D eigenvalue weighted by Crippen LogP contribution is 2.23. The van der Waals surface area contributed by atoms with Crippen molar-refractivity contribution >= 4 is 11.6 Å². The normalized spacial score (nSPS) is 11.6. The Morgan fingerprint density at radius 3 is 2.25 bits per heavy atom. The number of hydrogen-bond donors (Lipinski definition) is 2. The standard InChI is InChI=1S/C24H26N2O2/c1-2-28-23-16-10-9-15-21(23)26-24(27)18-25-22(20-13-7-4-8-14-20)17-19-11-5-3-6-12-19/h3-16,22,25H,2,17-18H2,1H3,(H,26,27). The number of para-hydroxylation sites is 2. The zero-order valence-electron chi connectivity index (χ0n) is 16.1. The highest BCUT2D eigenvalue weighted by Gasteiger charge is 2.14. The fourth-order valence-corrected chi connectivity index (χ4v) is 3.10. The first-order valence-corrected chi connectivity index (χ1v) is 9.60. The van der Waals surface area contributed by atoms with E-state index in [4.69, 9.17) is 4.74 Å². The molecule has 0 bridgehead atoms. The molecular weight excluding hydrogens is 348 g/mol. The van der Waals surface area contributed by atoms with E-state index in [2.05, 4.69) is 34.9 Å². The van der Waals surface area contributed by atoms with Crippen molar-refractivity contribution in [1.82, 2.24) is 5.32 Å². The van der Waals surface area contributed by atoms with Crippen molar-refractivity contribution < 1.29 is 9.53 Å². The molecule has 0 saturated carbocycles. The lowest BCUT2D eigenvalue weighted by molar-refractivity contribution is -0.115. The lowest BCUT2D eigenvalue weighted by atomic mass is 9.99. The number of ether oxygens (including phenoxy) is 1. The molecule has 0 aliphatic rings. The molecule has 0 saturated heterocycles. The van der Waals surface area contributed by atoms with Crippen LogP contribution in [-0.4, -0.2) is 19.1 Å². The molecule has 0 aliphatic carbocycles. The Labute approximate surface area is 166 Å². The Kier molecular flexibility index (Phi) is 7.21. The summed E-state index contributed by atoms with van der Waals surface area (Å²) in [5.41, 5.74) is 3.08. The van der Waals surface area contributed by atoms with Gasteiger partial charge in [-0.2, -0.15) is 0 Å². The maximum Gasteiger partial charge on any atom is 0.238 e. The largest absolute Gasteiger partial charge is 0.492 e. The van der Waals surface area contributed by atoms with Crippen molar-refractivity contribution in [1.29, 1.82) is 0 Å². The first kappa shape index (κ1) is 19.6. The predicted molar refractivity (Wildman–Crippen MR) is 114 cm³/mol. The quantitative estimate of drug-likeness (QED) is 0.576. The minimum absolute atomic E-state index is 0.0523. The number of amides is 1. The lowest BCUT2D eigenvalue weighted by Crippen LogP contribution is -2.32. The molecule has 3 aromatic carbocycles. The van der Waals surface area contributed by atoms with Crippen LogP contribution in [0.1, 0.15) is 24.1 Å². The summed E-state index contributed by atoms with van der Waals surface area (Å²) < 4.78 is 5.58. The van der Waals surface area contributed by atoms with Crippen molar-refractivity contribution in [2.75, 3.05) is 18.5 Å². The molecule has 0 aromatic heterocycles. The Morgan fingerprint density at radius 1 is 0.893 bits per heavy atom. The van der Waals surface area contributed by atoms with Crippen LogP contribution in [0.5, 0.6) is 5.75 Å². The fourth-order valence-electron chi connectivity index (χ4n) is 3.10. The van der Waals surface area contributed by atoms with E-state index in [1.54, 1.807) is 0 Å². The maximum absolute atomic E-state index is 12.5. The van der Waals surface area contributed by atoms with Crippen molar-refractivity contribution in [2.45, 2.75) is 19.4 Å². The highest BCUT2D eigenvalue weighted by molar-refractivity contribution is 5.93. The van der Waals surface area contributed by atoms with Gasteiger partial charge in [0.25, 0.3) is 0 Å². The van der Waals surface area contributed by atoms with Crippen LogP contribution in [0, 0.1) is 0 Å². The van der Waals surface area contributed by atoms with Crippen LogP contribution < -0.4 is 15.4 Å². The van der Waals surface area contributed by atoms with E-state index in [-0.39, 0.29) is 18.5 Å². The Hall–Kier alpha value is -3.11. The second kappa shape index (κ2) is 10.3. The van der Waals surface area contributed by atoms with E-state index in [1.807, 2.05) is 67.6 Å². The monoisotopic (exact) mass is 374 g/mol. The van der Waals surface area contributed by atoms with Crippen LogP contribution in [0.15, 0.2) is 84.9 Å². The van der Waals surface area contributed by atoms with Crippen molar-refractivity contribution in [3.8, 4) is 5.75 Å². The number of nitrogens with one attached hydrogen (secondary N) is 2. The molecule has 4 nitrogen and oxygen atoms in total. The minimum atomic E-state index is -0.0962. The van der Waals surface area contributed by atoms with Gasteiger partial charge in [-0.05, 0) is 36.6 Å². The molecule has 3 aromatic rings. The number of carbonyl (C=O) groups excluding carboxylic acids is 1. The number of rotatable bonds is 9. The van der Waals surface area contributed by atoms with Crippen LogP contribution in [0.3, 0.4) is 0 Å². The molecule has 0 radical (unpaired) electrons. The van der Waals surface area contributed by atoms with Gasteiger partial charge in [0.05, 0.1) is 18.8 Å². The Bertz CT molecular complexity index is 866. The molecule has 0 aliphatic heterocycles. The smallest absolute Gasteiger partial charge is 0.238 e. The van der Waals surface area contributed by atoms with Crippen LogP contribution in [0.4, 0.5) is 5.69 Å². The number of anilines is 1. The molecule has 1 atom stereocenters. The van der Waals surface area contributed by atoms with Crippen LogP contribution in [0.2, 0.25) is 0 Å². The third kappa shape index (κ3) is 5.69. The summed E-state index contributed by atoms with van der Waals surface area (Å²) in [7, 11) is 0. The van der Waals surface area contributed by atoms with Crippen LogP contribution in [-0.2, 0) is 11.2 Å². The van der Waals surface area contributed by atoms with E-state index in [0.29, 0.717) is 18.0 Å². The van der Waals surface area contributed by atoms with E-state index >= 15 is 0 Å². The van der Waals surface area contributed by atoms with Crippen molar-refractivity contribution in [2.24, 2.45) is 0 Å². The minimum Gasteiger partial charge on any atom is -0.492 e. The number of carbonyl (C=O) groups is 1. The molecule has 1 amide bonds. The van der Waals surface area contributed by atoms with E-state index < -0.39 is 0 Å². The zero-order valence-corrected chi connectivity index (χ0v) is 16.1. The first-order valence-electron chi connectivity index (χ1n) is 9.60. The lowest BCUT2D eigenvalue weighted by Gasteiger charge is -2.20. The SMILES string of the molecule is CCOc1ccccc1NC(=O)CNC(Cc1ccccc1)c1ccccc1. The van der Waals surface area contributed by atoms with Gasteiger partial charge in [-0.1, -0.05) is 72.8 Å². The van der Waals surface area contributed by atoms with Crippen LogP contribution >= 0.6 is 0 Å². The average molecular weight is 374 g/mol. The van der Waals surface area contributed by atoms with Gasteiger partial charge in [0.1, 0.15) is 5.75 Å². The zero-order chi connectivity index (χ0) is 19.6. The second-order valence-electron chi connectivity index (χ2n) is 6.51. The summed E-state index contributed by atoms with van der Waals surface area (Å²) >= 11 is 0. The molecule has 3 rings (SSSR count). The second-order valence-corrected chi connectivity index (χ2v) is 6.51. The third-order valence-electron chi connectivity index (χ3n) is 4.45. The molecule has 0 fully saturated rings. The Morgan fingerprint density at radius 2 is 1.54 bits per heavy atom. The van der Waals surface area contributed by atoms with Crippen molar-refractivity contribution in [3.63, 3.8) is 0 Å². The molecule has 1 unspecified atom stereocenters. The van der Waals surface area contributed by atoms with Gasteiger partial charge in [-0.25, -0.2) is 0 Å². The van der Waals surface area contributed by atoms with Crippen LogP contribution in [0.25, 0.3) is 0 Å². The van der Waals surface area contributed by atoms with E-state index in [1.165, 1.54) is 5.56 Å². The van der Waals surface area contributed by atoms with E-state index in [0.717, 1.165) is 12.0 Å². The summed E-state index contributed by atoms with van der Waals surface area (Å²) in [6.45, 7) is 2.69. The summed E-state index contributed by atoms with van der Waals surface area (Å²) in [5.74, 6) is 0.586.